The van der Waals surface area contributed by atoms with Crippen LogP contribution >= 0.6 is 11.6 Å². The Morgan fingerprint density at radius 3 is 2.71 bits per heavy atom. The average molecular weight is 348 g/mol. The lowest BCUT2D eigenvalue weighted by molar-refractivity contribution is -0.152. The van der Waals surface area contributed by atoms with Crippen LogP contribution in [0.2, 0.25) is 0 Å². The van der Waals surface area contributed by atoms with E-state index in [1.165, 1.54) is 12.3 Å². The second-order valence-electron chi connectivity index (χ2n) is 5.27. The zero-order valence-corrected chi connectivity index (χ0v) is 13.7. The highest BCUT2D eigenvalue weighted by Crippen LogP contribution is 2.29. The Morgan fingerprint density at radius 1 is 1.25 bits per heavy atom. The molecule has 7 heteroatoms. The van der Waals surface area contributed by atoms with Gasteiger partial charge in [0.15, 0.2) is 5.03 Å². The van der Waals surface area contributed by atoms with Crippen LogP contribution in [0.3, 0.4) is 0 Å². The largest absolute Gasteiger partial charge is 0.457 e. The first-order valence-corrected chi connectivity index (χ1v) is 7.53. The third-order valence-corrected chi connectivity index (χ3v) is 3.95. The molecule has 24 heavy (non-hydrogen) atoms. The van der Waals surface area contributed by atoms with Gasteiger partial charge in [0.05, 0.1) is 6.26 Å². The predicted octanol–water partition coefficient (Wildman–Crippen LogP) is 3.50. The normalized spacial score (nSPS) is 17.0. The van der Waals surface area contributed by atoms with Crippen LogP contribution in [0.1, 0.15) is 21.7 Å². The van der Waals surface area contributed by atoms with Crippen molar-refractivity contribution in [3.8, 4) is 0 Å². The van der Waals surface area contributed by atoms with Gasteiger partial charge in [0.1, 0.15) is 5.70 Å². The molecule has 0 amide bonds. The maximum atomic E-state index is 12.0. The molecule has 124 valence electrons. The number of hydrogen-bond acceptors (Lipinski definition) is 6. The number of benzene rings is 1. The van der Waals surface area contributed by atoms with Gasteiger partial charge in [0, 0.05) is 5.69 Å². The Kier molecular flexibility index (Phi) is 4.31. The summed E-state index contributed by atoms with van der Waals surface area (Å²) >= 11 is 5.98. The lowest BCUT2D eigenvalue weighted by Gasteiger charge is -2.16. The third kappa shape index (κ3) is 3.14. The van der Waals surface area contributed by atoms with Crippen molar-refractivity contribution in [2.24, 2.45) is 0 Å². The maximum Gasteiger partial charge on any atom is 0.377 e. The Labute approximate surface area is 143 Å². The molecule has 1 aromatic heterocycles. The van der Waals surface area contributed by atoms with E-state index in [0.717, 1.165) is 11.1 Å². The number of nitrogens with one attached hydrogen (secondary N) is 1. The molecule has 0 bridgehead atoms. The molecule has 1 N–H and O–H groups in total. The number of carbonyl (C=O) groups excluding carboxylic acids is 2. The minimum Gasteiger partial charge on any atom is -0.457 e. The van der Waals surface area contributed by atoms with Crippen molar-refractivity contribution in [3.05, 3.63) is 64.2 Å². The fraction of sp³-hybridized carbons (Fsp3) is 0.176. The Hall–Kier alpha value is -2.73. The quantitative estimate of drug-likeness (QED) is 0.853. The van der Waals surface area contributed by atoms with Crippen molar-refractivity contribution in [2.75, 3.05) is 5.32 Å². The van der Waals surface area contributed by atoms with E-state index in [1.807, 2.05) is 32.0 Å². The molecule has 2 heterocycles. The van der Waals surface area contributed by atoms with E-state index >= 15 is 0 Å². The van der Waals surface area contributed by atoms with Gasteiger partial charge in [-0.05, 0) is 49.2 Å². The molecular weight excluding hydrogens is 334 g/mol. The lowest BCUT2D eigenvalue weighted by Crippen LogP contribution is -2.24. The number of hydrogen-bond donors (Lipinski definition) is 1. The second-order valence-corrected chi connectivity index (χ2v) is 5.65. The number of furan rings is 1. The molecule has 0 aliphatic carbocycles. The van der Waals surface area contributed by atoms with E-state index in [0.29, 0.717) is 5.69 Å². The molecule has 0 spiro atoms. The summed E-state index contributed by atoms with van der Waals surface area (Å²) in [5, 5.41) is 2.82. The summed E-state index contributed by atoms with van der Waals surface area (Å²) in [5.41, 5.74) is 3.06. The van der Waals surface area contributed by atoms with Crippen LogP contribution in [0.25, 0.3) is 0 Å². The van der Waals surface area contributed by atoms with Crippen LogP contribution in [0.5, 0.6) is 0 Å². The first-order valence-electron chi connectivity index (χ1n) is 7.15. The van der Waals surface area contributed by atoms with Gasteiger partial charge in [-0.2, -0.15) is 0 Å². The molecule has 0 saturated heterocycles. The number of halogens is 1. The van der Waals surface area contributed by atoms with Gasteiger partial charge in [0.2, 0.25) is 5.76 Å². The van der Waals surface area contributed by atoms with Gasteiger partial charge in [0.25, 0.3) is 6.29 Å². The van der Waals surface area contributed by atoms with Crippen LogP contribution in [0.4, 0.5) is 5.69 Å². The summed E-state index contributed by atoms with van der Waals surface area (Å²) in [5.74, 6) is -1.52. The van der Waals surface area contributed by atoms with Crippen molar-refractivity contribution in [2.45, 2.75) is 20.1 Å². The average Bonchev–Trinajstić information content (AvgIpc) is 3.16. The van der Waals surface area contributed by atoms with Crippen LogP contribution in [0, 0.1) is 13.8 Å². The molecule has 0 fully saturated rings. The fourth-order valence-electron chi connectivity index (χ4n) is 2.14. The highest BCUT2D eigenvalue weighted by Gasteiger charge is 2.37. The van der Waals surface area contributed by atoms with E-state index in [-0.39, 0.29) is 16.5 Å². The molecule has 1 aliphatic rings. The molecule has 1 aliphatic heterocycles. The van der Waals surface area contributed by atoms with Crippen molar-refractivity contribution < 1.29 is 23.5 Å². The van der Waals surface area contributed by atoms with E-state index in [2.05, 4.69) is 5.32 Å². The first kappa shape index (κ1) is 16.1. The summed E-state index contributed by atoms with van der Waals surface area (Å²) in [7, 11) is 0. The van der Waals surface area contributed by atoms with Crippen LogP contribution in [-0.4, -0.2) is 18.2 Å². The summed E-state index contributed by atoms with van der Waals surface area (Å²) in [6.07, 6.45) is 0.0816. The number of esters is 2. The van der Waals surface area contributed by atoms with Gasteiger partial charge in [-0.3, -0.25) is 0 Å². The number of aryl methyl sites for hydroxylation is 2. The Morgan fingerprint density at radius 2 is 2.04 bits per heavy atom. The molecule has 0 saturated carbocycles. The molecule has 1 atom stereocenters. The predicted molar refractivity (Wildman–Crippen MR) is 86.4 cm³/mol. The molecule has 0 radical (unpaired) electrons. The molecular formula is C17H14ClNO5. The SMILES string of the molecule is Cc1ccc(NC2=C(Cl)C(=O)O[C@H]2OC(=O)c2ccco2)cc1C. The van der Waals surface area contributed by atoms with E-state index in [1.54, 1.807) is 6.07 Å². The minimum absolute atomic E-state index is 0.000369. The van der Waals surface area contributed by atoms with E-state index in [9.17, 15) is 9.59 Å². The maximum absolute atomic E-state index is 12.0. The monoisotopic (exact) mass is 347 g/mol. The number of ether oxygens (including phenoxy) is 2. The second kappa shape index (κ2) is 6.41. The lowest BCUT2D eigenvalue weighted by atomic mass is 10.1. The topological polar surface area (TPSA) is 77.8 Å². The summed E-state index contributed by atoms with van der Waals surface area (Å²) < 4.78 is 15.1. The number of rotatable bonds is 4. The van der Waals surface area contributed by atoms with E-state index in [4.69, 9.17) is 25.5 Å². The summed E-state index contributed by atoms with van der Waals surface area (Å²) in [6, 6.07) is 8.64. The van der Waals surface area contributed by atoms with Gasteiger partial charge in [-0.1, -0.05) is 17.7 Å². The minimum atomic E-state index is -1.26. The van der Waals surface area contributed by atoms with Crippen molar-refractivity contribution in [1.82, 2.24) is 0 Å². The van der Waals surface area contributed by atoms with Gasteiger partial charge in [-0.25, -0.2) is 9.59 Å². The van der Waals surface area contributed by atoms with Crippen LogP contribution in [-0.2, 0) is 14.3 Å². The molecule has 3 rings (SSSR count). The van der Waals surface area contributed by atoms with Crippen molar-refractivity contribution in [3.63, 3.8) is 0 Å². The number of carbonyl (C=O) groups is 2. The third-order valence-electron chi connectivity index (χ3n) is 3.59. The molecule has 6 nitrogen and oxygen atoms in total. The number of anilines is 1. The Balaban J connectivity index is 1.81. The highest BCUT2D eigenvalue weighted by molar-refractivity contribution is 6.42. The van der Waals surface area contributed by atoms with E-state index < -0.39 is 18.2 Å². The van der Waals surface area contributed by atoms with Crippen molar-refractivity contribution in [1.29, 1.82) is 0 Å². The van der Waals surface area contributed by atoms with Crippen LogP contribution in [0.15, 0.2) is 51.7 Å². The standard InChI is InChI=1S/C17H14ClNO5/c1-9-5-6-11(8-10(9)2)19-14-13(18)16(21)24-17(14)23-15(20)12-4-3-7-22-12/h3-8,17,19H,1-2H3/t17-/m1/s1. The fourth-order valence-corrected chi connectivity index (χ4v) is 2.32. The number of cyclic esters (lactones) is 1. The molecule has 2 aromatic rings. The van der Waals surface area contributed by atoms with Gasteiger partial charge < -0.3 is 19.2 Å². The molecule has 0 unspecified atom stereocenters. The zero-order chi connectivity index (χ0) is 17.3. The van der Waals surface area contributed by atoms with Gasteiger partial charge >= 0.3 is 11.9 Å². The highest BCUT2D eigenvalue weighted by atomic mass is 35.5. The summed E-state index contributed by atoms with van der Waals surface area (Å²) in [4.78, 5) is 23.7. The van der Waals surface area contributed by atoms with Crippen LogP contribution < -0.4 is 5.32 Å². The molecule has 1 aromatic carbocycles. The smallest absolute Gasteiger partial charge is 0.377 e. The van der Waals surface area contributed by atoms with Crippen molar-refractivity contribution >= 4 is 29.2 Å². The first-order chi connectivity index (χ1) is 11.5. The Bertz CT molecular complexity index is 826. The summed E-state index contributed by atoms with van der Waals surface area (Å²) in [6.45, 7) is 3.95. The zero-order valence-electron chi connectivity index (χ0n) is 13.0. The van der Waals surface area contributed by atoms with Gasteiger partial charge in [-0.15, -0.1) is 0 Å².